The minimum Gasteiger partial charge on any atom is -0.465 e. The highest BCUT2D eigenvalue weighted by molar-refractivity contribution is 5.98. The number of carbonyl (C=O) groups is 3. The first-order valence-corrected chi connectivity index (χ1v) is 13.0. The third kappa shape index (κ3) is 4.33. The molecular weight excluding hydrogens is 448 g/mol. The minimum atomic E-state index is -1.14. The summed E-state index contributed by atoms with van der Waals surface area (Å²) >= 11 is 0. The molecule has 0 aromatic heterocycles. The van der Waals surface area contributed by atoms with E-state index in [0.717, 1.165) is 12.8 Å². The van der Waals surface area contributed by atoms with Crippen LogP contribution in [-0.4, -0.2) is 82.3 Å². The molecule has 1 N–H and O–H groups in total. The largest absolute Gasteiger partial charge is 0.465 e. The van der Waals surface area contributed by atoms with Gasteiger partial charge in [-0.15, -0.1) is 13.2 Å². The number of amides is 2. The number of aliphatic hydroxyl groups is 1. The molecule has 0 aromatic carbocycles. The van der Waals surface area contributed by atoms with Gasteiger partial charge in [-0.2, -0.15) is 0 Å². The summed E-state index contributed by atoms with van der Waals surface area (Å²) in [7, 11) is 0. The molecule has 2 amide bonds. The number of hydrogen-bond donors (Lipinski definition) is 1. The highest BCUT2D eigenvalue weighted by atomic mass is 16.6. The van der Waals surface area contributed by atoms with Gasteiger partial charge in [-0.05, 0) is 38.5 Å². The Morgan fingerprint density at radius 3 is 2.63 bits per heavy atom. The maximum absolute atomic E-state index is 14.2. The predicted molar refractivity (Wildman–Crippen MR) is 132 cm³/mol. The summed E-state index contributed by atoms with van der Waals surface area (Å²) in [6.07, 6.45) is 6.57. The fourth-order valence-electron chi connectivity index (χ4n) is 6.42. The summed E-state index contributed by atoms with van der Waals surface area (Å²) < 4.78 is 12.2. The van der Waals surface area contributed by atoms with E-state index in [1.165, 1.54) is 4.90 Å². The third-order valence-corrected chi connectivity index (χ3v) is 8.32. The lowest BCUT2D eigenvalue weighted by Crippen LogP contribution is -2.59. The molecule has 0 saturated carbocycles. The lowest BCUT2D eigenvalue weighted by Gasteiger charge is -2.39. The Balaban J connectivity index is 2.09. The van der Waals surface area contributed by atoms with Gasteiger partial charge in [0.15, 0.2) is 0 Å². The summed E-state index contributed by atoms with van der Waals surface area (Å²) in [5.41, 5.74) is -2.05. The first kappa shape index (κ1) is 27.4. The normalized spacial score (nSPS) is 34.0. The number of rotatable bonds is 13. The van der Waals surface area contributed by atoms with Crippen LogP contribution in [0.1, 0.15) is 59.8 Å². The fraction of sp³-hybridized carbons (Fsp3) is 0.741. The van der Waals surface area contributed by atoms with Gasteiger partial charge in [-0.3, -0.25) is 14.4 Å². The molecule has 3 unspecified atom stereocenters. The predicted octanol–water partition coefficient (Wildman–Crippen LogP) is 2.70. The molecule has 7 atom stereocenters. The van der Waals surface area contributed by atoms with Crippen LogP contribution in [-0.2, 0) is 23.9 Å². The average molecular weight is 491 g/mol. The summed E-state index contributed by atoms with van der Waals surface area (Å²) in [5, 5.41) is 10.2. The van der Waals surface area contributed by atoms with Gasteiger partial charge in [-0.1, -0.05) is 39.3 Å². The second-order valence-electron chi connectivity index (χ2n) is 10.4. The van der Waals surface area contributed by atoms with Crippen molar-refractivity contribution in [1.82, 2.24) is 9.80 Å². The molecule has 0 aliphatic carbocycles. The van der Waals surface area contributed by atoms with Gasteiger partial charge < -0.3 is 24.4 Å². The number of fused-ring (bicyclic) bond motifs is 1. The van der Waals surface area contributed by atoms with Crippen LogP contribution in [0.3, 0.4) is 0 Å². The zero-order valence-corrected chi connectivity index (χ0v) is 21.7. The van der Waals surface area contributed by atoms with Crippen molar-refractivity contribution < 1.29 is 29.0 Å². The molecule has 3 fully saturated rings. The molecule has 3 aliphatic heterocycles. The van der Waals surface area contributed by atoms with Crippen molar-refractivity contribution in [2.75, 3.05) is 26.3 Å². The number of carbonyl (C=O) groups excluding carboxylic acids is 3. The van der Waals surface area contributed by atoms with E-state index in [0.29, 0.717) is 32.4 Å². The number of unbranched alkanes of at least 4 members (excludes halogenated alkanes) is 1. The summed E-state index contributed by atoms with van der Waals surface area (Å²) in [6, 6.07) is -1.46. The number of ether oxygens (including phenoxy) is 2. The van der Waals surface area contributed by atoms with Crippen molar-refractivity contribution in [3.05, 3.63) is 25.3 Å². The summed E-state index contributed by atoms with van der Waals surface area (Å²) in [5.74, 6) is -2.69. The molecule has 3 rings (SSSR count). The van der Waals surface area contributed by atoms with Crippen molar-refractivity contribution in [3.8, 4) is 0 Å². The first-order valence-electron chi connectivity index (χ1n) is 13.0. The third-order valence-electron chi connectivity index (χ3n) is 8.32. The van der Waals surface area contributed by atoms with E-state index in [1.807, 2.05) is 20.8 Å². The standard InChI is InChI=1S/C27H42N2O6/c1-7-11-14-28(13-9-3)24(32)22-27-16-18(5)26(6,35-27)21(25(33)34-15-12-8-2)20(27)23(31)29(22)19(10-4)17-30/h8-9,18-22,30H,2-3,7,10-17H2,1,4-6H3/t18?,19-,20-,21+,22?,26-,27?/m0/s1. The highest BCUT2D eigenvalue weighted by Crippen LogP contribution is 2.65. The Morgan fingerprint density at radius 2 is 2.06 bits per heavy atom. The van der Waals surface area contributed by atoms with Gasteiger partial charge in [0.2, 0.25) is 11.8 Å². The van der Waals surface area contributed by atoms with Gasteiger partial charge >= 0.3 is 5.97 Å². The molecular formula is C27H42N2O6. The molecule has 35 heavy (non-hydrogen) atoms. The summed E-state index contributed by atoms with van der Waals surface area (Å²) in [4.78, 5) is 44.8. The molecule has 8 heteroatoms. The van der Waals surface area contributed by atoms with Crippen molar-refractivity contribution in [2.45, 2.75) is 83.1 Å². The van der Waals surface area contributed by atoms with E-state index >= 15 is 0 Å². The van der Waals surface area contributed by atoms with Gasteiger partial charge in [-0.25, -0.2) is 0 Å². The van der Waals surface area contributed by atoms with Crippen LogP contribution in [0.25, 0.3) is 0 Å². The molecule has 3 saturated heterocycles. The number of hydrogen-bond acceptors (Lipinski definition) is 6. The average Bonchev–Trinajstić information content (AvgIpc) is 3.34. The summed E-state index contributed by atoms with van der Waals surface area (Å²) in [6.45, 7) is 16.1. The maximum Gasteiger partial charge on any atom is 0.312 e. The second kappa shape index (κ2) is 10.8. The quantitative estimate of drug-likeness (QED) is 0.242. The zero-order valence-electron chi connectivity index (χ0n) is 21.7. The van der Waals surface area contributed by atoms with E-state index in [2.05, 4.69) is 20.1 Å². The Labute approximate surface area is 209 Å². The smallest absolute Gasteiger partial charge is 0.312 e. The van der Waals surface area contributed by atoms with Crippen LogP contribution in [0, 0.1) is 17.8 Å². The first-order chi connectivity index (χ1) is 16.7. The number of likely N-dealkylation sites (tertiary alicyclic amines) is 1. The van der Waals surface area contributed by atoms with Crippen LogP contribution in [0.4, 0.5) is 0 Å². The topological polar surface area (TPSA) is 96.4 Å². The molecule has 196 valence electrons. The molecule has 0 aromatic rings. The minimum absolute atomic E-state index is 0.0588. The van der Waals surface area contributed by atoms with Crippen LogP contribution in [0.2, 0.25) is 0 Å². The highest BCUT2D eigenvalue weighted by Gasteiger charge is 2.80. The Morgan fingerprint density at radius 1 is 1.34 bits per heavy atom. The molecule has 3 heterocycles. The van der Waals surface area contributed by atoms with Gasteiger partial charge in [0.1, 0.15) is 17.6 Å². The van der Waals surface area contributed by atoms with Crippen molar-refractivity contribution >= 4 is 17.8 Å². The lowest BCUT2D eigenvalue weighted by atomic mass is 9.62. The fourth-order valence-corrected chi connectivity index (χ4v) is 6.42. The number of aliphatic hydroxyl groups excluding tert-OH is 1. The monoisotopic (exact) mass is 490 g/mol. The molecule has 2 bridgehead atoms. The second-order valence-corrected chi connectivity index (χ2v) is 10.4. The van der Waals surface area contributed by atoms with Crippen LogP contribution >= 0.6 is 0 Å². The van der Waals surface area contributed by atoms with Crippen LogP contribution < -0.4 is 0 Å². The Kier molecular flexibility index (Phi) is 8.48. The van der Waals surface area contributed by atoms with Crippen molar-refractivity contribution in [1.29, 1.82) is 0 Å². The van der Waals surface area contributed by atoms with E-state index in [1.54, 1.807) is 17.1 Å². The SMILES string of the molecule is C=CCCOC(=O)[C@H]1[C@H]2C(=O)N([C@@H](CC)CO)C(C(=O)N(CC=C)CCCC)C23CC(C)[C@]1(C)O3. The Hall–Kier alpha value is -2.19. The van der Waals surface area contributed by atoms with Gasteiger partial charge in [0, 0.05) is 13.1 Å². The van der Waals surface area contributed by atoms with Crippen LogP contribution in [0.15, 0.2) is 25.3 Å². The van der Waals surface area contributed by atoms with Crippen molar-refractivity contribution in [2.24, 2.45) is 17.8 Å². The van der Waals surface area contributed by atoms with E-state index < -0.39 is 41.1 Å². The molecule has 3 aliphatic rings. The number of esters is 1. The van der Waals surface area contributed by atoms with E-state index in [-0.39, 0.29) is 30.9 Å². The Bertz CT molecular complexity index is 842. The molecule has 8 nitrogen and oxygen atoms in total. The molecule has 1 spiro atoms. The van der Waals surface area contributed by atoms with E-state index in [4.69, 9.17) is 9.47 Å². The van der Waals surface area contributed by atoms with Gasteiger partial charge in [0.25, 0.3) is 0 Å². The van der Waals surface area contributed by atoms with E-state index in [9.17, 15) is 19.5 Å². The number of nitrogens with zero attached hydrogens (tertiary/aromatic N) is 2. The van der Waals surface area contributed by atoms with Gasteiger partial charge in [0.05, 0.1) is 30.8 Å². The van der Waals surface area contributed by atoms with Crippen molar-refractivity contribution in [3.63, 3.8) is 0 Å². The zero-order chi connectivity index (χ0) is 26.0. The molecule has 0 radical (unpaired) electrons. The lowest BCUT2D eigenvalue weighted by molar-refractivity contribution is -0.163. The van der Waals surface area contributed by atoms with Crippen LogP contribution in [0.5, 0.6) is 0 Å². The maximum atomic E-state index is 14.2.